The maximum Gasteiger partial charge on any atom is 0.323 e. The molecule has 9 heteroatoms. The van der Waals surface area contributed by atoms with Gasteiger partial charge in [-0.3, -0.25) is 9.20 Å². The molecule has 2 amide bonds. The van der Waals surface area contributed by atoms with Crippen LogP contribution in [0.3, 0.4) is 0 Å². The number of carbonyl (C=O) groups is 1. The molecule has 0 unspecified atom stereocenters. The molecular formula is C25H22N4O5. The SMILES string of the molecule is Cc1ccc2nc(COc3ccc(NC(=O)Nc4ccc5c(c4)OCCO5)cc3)cc(=O)n2c1. The van der Waals surface area contributed by atoms with Gasteiger partial charge in [0.1, 0.15) is 31.2 Å². The van der Waals surface area contributed by atoms with Crippen LogP contribution in [-0.2, 0) is 6.61 Å². The molecule has 34 heavy (non-hydrogen) atoms. The summed E-state index contributed by atoms with van der Waals surface area (Å²) in [6.45, 7) is 3.06. The Hall–Kier alpha value is -4.53. The van der Waals surface area contributed by atoms with E-state index < -0.39 is 0 Å². The smallest absolute Gasteiger partial charge is 0.323 e. The third-order valence-corrected chi connectivity index (χ3v) is 5.16. The zero-order chi connectivity index (χ0) is 23.5. The third-order valence-electron chi connectivity index (χ3n) is 5.16. The zero-order valence-corrected chi connectivity index (χ0v) is 18.4. The van der Waals surface area contributed by atoms with Gasteiger partial charge < -0.3 is 24.8 Å². The minimum atomic E-state index is -0.388. The summed E-state index contributed by atoms with van der Waals surface area (Å²) in [5.41, 5.74) is 3.12. The molecule has 0 saturated carbocycles. The van der Waals surface area contributed by atoms with Crippen LogP contribution in [0.25, 0.3) is 5.65 Å². The molecule has 0 radical (unpaired) electrons. The molecule has 2 N–H and O–H groups in total. The number of nitrogens with zero attached hydrogens (tertiary/aromatic N) is 2. The Morgan fingerprint density at radius 1 is 0.971 bits per heavy atom. The summed E-state index contributed by atoms with van der Waals surface area (Å²) in [5.74, 6) is 1.85. The van der Waals surface area contributed by atoms with E-state index in [-0.39, 0.29) is 18.2 Å². The molecule has 1 aliphatic rings. The lowest BCUT2D eigenvalue weighted by Gasteiger charge is -2.19. The molecule has 0 bridgehead atoms. The maximum atomic E-state index is 12.3. The molecule has 0 saturated heterocycles. The number of aryl methyl sites for hydroxylation is 1. The molecule has 2 aromatic carbocycles. The number of nitrogens with one attached hydrogen (secondary N) is 2. The second-order valence-electron chi connectivity index (χ2n) is 7.77. The first-order valence-corrected chi connectivity index (χ1v) is 10.7. The quantitative estimate of drug-likeness (QED) is 0.469. The number of aromatic nitrogens is 2. The minimum absolute atomic E-state index is 0.150. The van der Waals surface area contributed by atoms with Gasteiger partial charge in [-0.1, -0.05) is 6.07 Å². The number of anilines is 2. The van der Waals surface area contributed by atoms with E-state index in [0.29, 0.717) is 53.2 Å². The maximum absolute atomic E-state index is 12.3. The summed E-state index contributed by atoms with van der Waals surface area (Å²) in [6, 6.07) is 16.9. The predicted octanol–water partition coefficient (Wildman–Crippen LogP) is 4.00. The largest absolute Gasteiger partial charge is 0.487 e. The second-order valence-corrected chi connectivity index (χ2v) is 7.77. The molecular weight excluding hydrogens is 436 g/mol. The van der Waals surface area contributed by atoms with Crippen molar-refractivity contribution >= 4 is 23.1 Å². The summed E-state index contributed by atoms with van der Waals surface area (Å²) < 4.78 is 18.3. The van der Waals surface area contributed by atoms with Crippen molar-refractivity contribution in [3.63, 3.8) is 0 Å². The summed E-state index contributed by atoms with van der Waals surface area (Å²) in [5, 5.41) is 5.54. The van der Waals surface area contributed by atoms with Crippen LogP contribution in [0.1, 0.15) is 11.3 Å². The monoisotopic (exact) mass is 458 g/mol. The van der Waals surface area contributed by atoms with Crippen molar-refractivity contribution in [1.29, 1.82) is 0 Å². The van der Waals surface area contributed by atoms with E-state index >= 15 is 0 Å². The fraction of sp³-hybridized carbons (Fsp3) is 0.160. The lowest BCUT2D eigenvalue weighted by Crippen LogP contribution is -2.20. The molecule has 4 aromatic rings. The first kappa shape index (κ1) is 21.3. The van der Waals surface area contributed by atoms with Gasteiger partial charge in [-0.2, -0.15) is 0 Å². The lowest BCUT2D eigenvalue weighted by atomic mass is 10.2. The molecule has 5 rings (SSSR count). The van der Waals surface area contributed by atoms with Crippen LogP contribution in [0.5, 0.6) is 17.2 Å². The number of carbonyl (C=O) groups excluding carboxylic acids is 1. The number of amides is 2. The van der Waals surface area contributed by atoms with Crippen molar-refractivity contribution < 1.29 is 19.0 Å². The Bertz CT molecular complexity index is 1420. The van der Waals surface area contributed by atoms with Gasteiger partial charge in [0.05, 0.1) is 5.69 Å². The molecule has 0 fully saturated rings. The van der Waals surface area contributed by atoms with Crippen molar-refractivity contribution in [1.82, 2.24) is 9.38 Å². The van der Waals surface area contributed by atoms with Crippen molar-refractivity contribution in [2.45, 2.75) is 13.5 Å². The highest BCUT2D eigenvalue weighted by atomic mass is 16.6. The number of hydrogen-bond donors (Lipinski definition) is 2. The lowest BCUT2D eigenvalue weighted by molar-refractivity contribution is 0.171. The summed E-state index contributed by atoms with van der Waals surface area (Å²) in [6.07, 6.45) is 1.75. The molecule has 0 atom stereocenters. The molecule has 9 nitrogen and oxygen atoms in total. The summed E-state index contributed by atoms with van der Waals surface area (Å²) in [7, 11) is 0. The van der Waals surface area contributed by atoms with Crippen LogP contribution in [-0.4, -0.2) is 28.6 Å². The van der Waals surface area contributed by atoms with E-state index in [1.165, 1.54) is 10.5 Å². The number of hydrogen-bond acceptors (Lipinski definition) is 6. The Labute approximate surface area is 194 Å². The normalized spacial score (nSPS) is 12.3. The average molecular weight is 458 g/mol. The van der Waals surface area contributed by atoms with Crippen LogP contribution in [0.2, 0.25) is 0 Å². The Kier molecular flexibility index (Phi) is 5.73. The van der Waals surface area contributed by atoms with Crippen LogP contribution >= 0.6 is 0 Å². The Morgan fingerprint density at radius 3 is 2.53 bits per heavy atom. The van der Waals surface area contributed by atoms with E-state index in [0.717, 1.165) is 5.56 Å². The van der Waals surface area contributed by atoms with E-state index in [2.05, 4.69) is 15.6 Å². The molecule has 3 heterocycles. The standard InChI is InChI=1S/C25H22N4O5/c1-16-2-9-23-26-19(13-24(30)29(23)14-16)15-34-20-6-3-17(4-7-20)27-25(31)28-18-5-8-21-22(12-18)33-11-10-32-21/h2-9,12-14H,10-11,15H2,1H3,(H2,27,28,31). The van der Waals surface area contributed by atoms with Gasteiger partial charge in [0.25, 0.3) is 5.56 Å². The number of rotatable bonds is 5. The van der Waals surface area contributed by atoms with E-state index in [4.69, 9.17) is 14.2 Å². The van der Waals surface area contributed by atoms with E-state index in [1.807, 2.05) is 13.0 Å². The molecule has 2 aromatic heterocycles. The van der Waals surface area contributed by atoms with Crippen molar-refractivity contribution in [2.75, 3.05) is 23.8 Å². The fourth-order valence-corrected chi connectivity index (χ4v) is 3.54. The topological polar surface area (TPSA) is 103 Å². The highest BCUT2D eigenvalue weighted by Gasteiger charge is 2.13. The van der Waals surface area contributed by atoms with Gasteiger partial charge in [-0.25, -0.2) is 9.78 Å². The number of urea groups is 1. The van der Waals surface area contributed by atoms with E-state index in [1.54, 1.807) is 54.7 Å². The van der Waals surface area contributed by atoms with Gasteiger partial charge in [-0.15, -0.1) is 0 Å². The average Bonchev–Trinajstić information content (AvgIpc) is 2.84. The van der Waals surface area contributed by atoms with Crippen molar-refractivity contribution in [3.05, 3.63) is 88.5 Å². The first-order chi connectivity index (χ1) is 16.5. The zero-order valence-electron chi connectivity index (χ0n) is 18.4. The number of benzene rings is 2. The van der Waals surface area contributed by atoms with Crippen LogP contribution < -0.4 is 30.4 Å². The second kappa shape index (κ2) is 9.14. The van der Waals surface area contributed by atoms with Crippen LogP contribution in [0, 0.1) is 6.92 Å². The molecule has 1 aliphatic heterocycles. The Morgan fingerprint density at radius 2 is 1.71 bits per heavy atom. The molecule has 172 valence electrons. The Balaban J connectivity index is 1.18. The van der Waals surface area contributed by atoms with Gasteiger partial charge in [0.15, 0.2) is 11.5 Å². The highest BCUT2D eigenvalue weighted by molar-refractivity contribution is 5.99. The van der Waals surface area contributed by atoms with Crippen LogP contribution in [0.15, 0.2) is 71.7 Å². The number of pyridine rings is 1. The van der Waals surface area contributed by atoms with Crippen molar-refractivity contribution in [2.24, 2.45) is 0 Å². The first-order valence-electron chi connectivity index (χ1n) is 10.7. The highest BCUT2D eigenvalue weighted by Crippen LogP contribution is 2.32. The van der Waals surface area contributed by atoms with Crippen molar-refractivity contribution in [3.8, 4) is 17.2 Å². The minimum Gasteiger partial charge on any atom is -0.487 e. The third kappa shape index (κ3) is 4.78. The van der Waals surface area contributed by atoms with Gasteiger partial charge in [0.2, 0.25) is 0 Å². The summed E-state index contributed by atoms with van der Waals surface area (Å²) >= 11 is 0. The van der Waals surface area contributed by atoms with Gasteiger partial charge in [-0.05, 0) is 55.0 Å². The number of ether oxygens (including phenoxy) is 3. The number of fused-ring (bicyclic) bond motifs is 2. The summed E-state index contributed by atoms with van der Waals surface area (Å²) in [4.78, 5) is 29.1. The molecule has 0 spiro atoms. The fourth-order valence-electron chi connectivity index (χ4n) is 3.54. The van der Waals surface area contributed by atoms with E-state index in [9.17, 15) is 9.59 Å². The van der Waals surface area contributed by atoms with Gasteiger partial charge >= 0.3 is 6.03 Å². The van der Waals surface area contributed by atoms with Gasteiger partial charge in [0, 0.05) is 29.7 Å². The van der Waals surface area contributed by atoms with Crippen LogP contribution in [0.4, 0.5) is 16.2 Å². The predicted molar refractivity (Wildman–Crippen MR) is 127 cm³/mol. The molecule has 0 aliphatic carbocycles.